The number of hydrogen-bond donors (Lipinski definition) is 0. The number of methoxy groups -OCH3 is 1. The molecule has 0 aliphatic heterocycles. The highest BCUT2D eigenvalue weighted by Gasteiger charge is 2.13. The van der Waals surface area contributed by atoms with E-state index in [1.165, 1.54) is 5.56 Å². The smallest absolute Gasteiger partial charge is 0.131 e. The Bertz CT molecular complexity index is 578. The number of benzene rings is 1. The molecule has 0 atom stereocenters. The Balaban J connectivity index is 2.02. The van der Waals surface area contributed by atoms with Gasteiger partial charge in [0.25, 0.3) is 0 Å². The summed E-state index contributed by atoms with van der Waals surface area (Å²) in [7, 11) is 5.61. The molecule has 4 nitrogen and oxygen atoms in total. The summed E-state index contributed by atoms with van der Waals surface area (Å²) < 4.78 is 6.88. The zero-order chi connectivity index (χ0) is 14.7. The fourth-order valence-corrected chi connectivity index (χ4v) is 2.46. The molecule has 0 aliphatic carbocycles. The van der Waals surface area contributed by atoms with Crippen molar-refractivity contribution in [2.45, 2.75) is 20.0 Å². The molecule has 0 saturated carbocycles. The zero-order valence-corrected chi connectivity index (χ0v) is 13.1. The van der Waals surface area contributed by atoms with Crippen LogP contribution in [0.1, 0.15) is 16.8 Å². The van der Waals surface area contributed by atoms with Gasteiger partial charge in [-0.05, 0) is 31.7 Å². The quantitative estimate of drug-likeness (QED) is 0.849. The lowest BCUT2D eigenvalue weighted by Crippen LogP contribution is -2.17. The Morgan fingerprint density at radius 3 is 2.40 bits per heavy atom. The predicted molar refractivity (Wildman–Crippen MR) is 81.1 cm³/mol. The van der Waals surface area contributed by atoms with Gasteiger partial charge in [0, 0.05) is 25.7 Å². The molecule has 0 N–H and O–H groups in total. The van der Waals surface area contributed by atoms with Crippen LogP contribution >= 0.6 is 11.6 Å². The summed E-state index contributed by atoms with van der Waals surface area (Å²) >= 11 is 6.26. The van der Waals surface area contributed by atoms with E-state index in [0.29, 0.717) is 5.15 Å². The third kappa shape index (κ3) is 3.32. The highest BCUT2D eigenvalue weighted by molar-refractivity contribution is 6.30. The van der Waals surface area contributed by atoms with E-state index in [1.54, 1.807) is 11.8 Å². The molecule has 0 aliphatic rings. The Morgan fingerprint density at radius 1 is 1.25 bits per heavy atom. The van der Waals surface area contributed by atoms with Crippen molar-refractivity contribution < 1.29 is 4.74 Å². The lowest BCUT2D eigenvalue weighted by molar-refractivity contribution is 0.318. The maximum Gasteiger partial charge on any atom is 0.131 e. The van der Waals surface area contributed by atoms with Gasteiger partial charge in [0.05, 0.1) is 12.8 Å². The van der Waals surface area contributed by atoms with E-state index in [-0.39, 0.29) is 0 Å². The van der Waals surface area contributed by atoms with E-state index < -0.39 is 0 Å². The van der Waals surface area contributed by atoms with E-state index in [9.17, 15) is 0 Å². The number of halogens is 1. The standard InChI is InChI=1S/C15H20ClN3O/c1-11-14(15(16)19(3)17-11)10-18(2)9-12-5-7-13(20-4)8-6-12/h5-8H,9-10H2,1-4H3. The summed E-state index contributed by atoms with van der Waals surface area (Å²) in [5.41, 5.74) is 3.32. The Morgan fingerprint density at radius 2 is 1.90 bits per heavy atom. The van der Waals surface area contributed by atoms with Crippen molar-refractivity contribution in [3.63, 3.8) is 0 Å². The first-order chi connectivity index (χ1) is 9.51. The minimum Gasteiger partial charge on any atom is -0.497 e. The fourth-order valence-electron chi connectivity index (χ4n) is 2.22. The van der Waals surface area contributed by atoms with Crippen LogP contribution in [0.3, 0.4) is 0 Å². The minimum absolute atomic E-state index is 0.712. The van der Waals surface area contributed by atoms with Crippen molar-refractivity contribution in [2.24, 2.45) is 7.05 Å². The van der Waals surface area contributed by atoms with Crippen LogP contribution in [0.4, 0.5) is 0 Å². The lowest BCUT2D eigenvalue weighted by Gasteiger charge is -2.17. The maximum absolute atomic E-state index is 6.26. The van der Waals surface area contributed by atoms with Crippen LogP contribution in [-0.2, 0) is 20.1 Å². The van der Waals surface area contributed by atoms with Crippen LogP contribution in [-0.4, -0.2) is 28.8 Å². The number of aromatic nitrogens is 2. The van der Waals surface area contributed by atoms with Gasteiger partial charge in [-0.25, -0.2) is 0 Å². The van der Waals surface area contributed by atoms with Crippen LogP contribution in [0, 0.1) is 6.92 Å². The third-order valence-electron chi connectivity index (χ3n) is 3.31. The molecule has 2 rings (SSSR count). The second-order valence-electron chi connectivity index (χ2n) is 5.00. The third-order valence-corrected chi connectivity index (χ3v) is 3.78. The summed E-state index contributed by atoms with van der Waals surface area (Å²) in [5.74, 6) is 0.877. The van der Waals surface area contributed by atoms with Crippen molar-refractivity contribution in [3.8, 4) is 5.75 Å². The van der Waals surface area contributed by atoms with Gasteiger partial charge in [0.15, 0.2) is 0 Å². The molecule has 108 valence electrons. The molecule has 0 fully saturated rings. The minimum atomic E-state index is 0.712. The van der Waals surface area contributed by atoms with E-state index in [2.05, 4.69) is 29.2 Å². The summed E-state index contributed by atoms with van der Waals surface area (Å²) in [5, 5.41) is 5.05. The molecule has 0 unspecified atom stereocenters. The number of aryl methyl sites for hydroxylation is 2. The topological polar surface area (TPSA) is 30.3 Å². The molecule has 1 aromatic heterocycles. The monoisotopic (exact) mass is 293 g/mol. The number of ether oxygens (including phenoxy) is 1. The molecule has 0 saturated heterocycles. The van der Waals surface area contributed by atoms with E-state index in [4.69, 9.17) is 16.3 Å². The van der Waals surface area contributed by atoms with Gasteiger partial charge in [0.2, 0.25) is 0 Å². The molecule has 1 heterocycles. The average molecular weight is 294 g/mol. The van der Waals surface area contributed by atoms with Crippen LogP contribution < -0.4 is 4.74 Å². The first kappa shape index (κ1) is 14.9. The van der Waals surface area contributed by atoms with Crippen molar-refractivity contribution in [1.82, 2.24) is 14.7 Å². The Labute approximate surface area is 124 Å². The fraction of sp³-hybridized carbons (Fsp3) is 0.400. The Hall–Kier alpha value is -1.52. The SMILES string of the molecule is COc1ccc(CN(C)Cc2c(C)nn(C)c2Cl)cc1. The van der Waals surface area contributed by atoms with Gasteiger partial charge in [-0.2, -0.15) is 5.10 Å². The Kier molecular flexibility index (Phi) is 4.68. The van der Waals surface area contributed by atoms with Crippen LogP contribution in [0.5, 0.6) is 5.75 Å². The molecule has 0 radical (unpaired) electrons. The van der Waals surface area contributed by atoms with Gasteiger partial charge in [-0.15, -0.1) is 0 Å². The first-order valence-electron chi connectivity index (χ1n) is 6.50. The van der Waals surface area contributed by atoms with Gasteiger partial charge in [0.1, 0.15) is 10.9 Å². The molecule has 0 spiro atoms. The molecular weight excluding hydrogens is 274 g/mol. The van der Waals surface area contributed by atoms with Gasteiger partial charge in [-0.3, -0.25) is 9.58 Å². The number of hydrogen-bond acceptors (Lipinski definition) is 3. The molecule has 2 aromatic rings. The number of nitrogens with zero attached hydrogens (tertiary/aromatic N) is 3. The first-order valence-corrected chi connectivity index (χ1v) is 6.88. The van der Waals surface area contributed by atoms with Crippen molar-refractivity contribution in [2.75, 3.05) is 14.2 Å². The number of rotatable bonds is 5. The molecule has 0 amide bonds. The molecule has 1 aromatic carbocycles. The van der Waals surface area contributed by atoms with Gasteiger partial charge in [-0.1, -0.05) is 23.7 Å². The maximum atomic E-state index is 6.26. The summed E-state index contributed by atoms with van der Waals surface area (Å²) in [6.45, 7) is 3.63. The predicted octanol–water partition coefficient (Wildman–Crippen LogP) is 3.02. The second-order valence-corrected chi connectivity index (χ2v) is 5.36. The van der Waals surface area contributed by atoms with Crippen LogP contribution in [0.25, 0.3) is 0 Å². The van der Waals surface area contributed by atoms with E-state index >= 15 is 0 Å². The lowest BCUT2D eigenvalue weighted by atomic mass is 10.2. The average Bonchev–Trinajstić information content (AvgIpc) is 2.66. The summed E-state index contributed by atoms with van der Waals surface area (Å²) in [6.07, 6.45) is 0. The normalized spacial score (nSPS) is 11.1. The van der Waals surface area contributed by atoms with Crippen molar-refractivity contribution >= 4 is 11.6 Å². The van der Waals surface area contributed by atoms with Crippen LogP contribution in [0.2, 0.25) is 5.15 Å². The molecule has 5 heteroatoms. The van der Waals surface area contributed by atoms with Crippen molar-refractivity contribution in [1.29, 1.82) is 0 Å². The molecule has 0 bridgehead atoms. The molecular formula is C15H20ClN3O. The largest absolute Gasteiger partial charge is 0.497 e. The second kappa shape index (κ2) is 6.29. The van der Waals surface area contributed by atoms with E-state index in [0.717, 1.165) is 30.1 Å². The van der Waals surface area contributed by atoms with E-state index in [1.807, 2.05) is 26.1 Å². The van der Waals surface area contributed by atoms with Crippen molar-refractivity contribution in [3.05, 3.63) is 46.2 Å². The van der Waals surface area contributed by atoms with Gasteiger partial charge >= 0.3 is 0 Å². The highest BCUT2D eigenvalue weighted by atomic mass is 35.5. The van der Waals surface area contributed by atoms with Crippen LogP contribution in [0.15, 0.2) is 24.3 Å². The molecule has 20 heavy (non-hydrogen) atoms. The van der Waals surface area contributed by atoms with Gasteiger partial charge < -0.3 is 4.74 Å². The summed E-state index contributed by atoms with van der Waals surface area (Å²) in [4.78, 5) is 2.22. The zero-order valence-electron chi connectivity index (χ0n) is 12.4. The summed E-state index contributed by atoms with van der Waals surface area (Å²) in [6, 6.07) is 8.11. The highest BCUT2D eigenvalue weighted by Crippen LogP contribution is 2.21.